The molecule has 1 aromatic heterocycles. The highest BCUT2D eigenvalue weighted by Crippen LogP contribution is 2.42. The summed E-state index contributed by atoms with van der Waals surface area (Å²) in [6, 6.07) is 7.89. The van der Waals surface area contributed by atoms with Gasteiger partial charge in [-0.25, -0.2) is 0 Å². The Morgan fingerprint density at radius 3 is 2.58 bits per heavy atom. The van der Waals surface area contributed by atoms with E-state index in [0.717, 1.165) is 16.5 Å². The summed E-state index contributed by atoms with van der Waals surface area (Å²) in [5.74, 6) is 1.34. The summed E-state index contributed by atoms with van der Waals surface area (Å²) in [4.78, 5) is 4.48. The van der Waals surface area contributed by atoms with E-state index in [1.54, 1.807) is 0 Å². The van der Waals surface area contributed by atoms with Gasteiger partial charge >= 0.3 is 0 Å². The van der Waals surface area contributed by atoms with Crippen molar-refractivity contribution in [3.8, 4) is 11.4 Å². The van der Waals surface area contributed by atoms with Crippen LogP contribution in [-0.4, -0.2) is 16.7 Å². The fourth-order valence-corrected chi connectivity index (χ4v) is 2.76. The third kappa shape index (κ3) is 2.58. The average molecular weight is 322 g/mol. The largest absolute Gasteiger partial charge is 0.339 e. The molecule has 0 bridgehead atoms. The molecule has 1 heterocycles. The normalized spacial score (nSPS) is 17.2. The first kappa shape index (κ1) is 12.8. The van der Waals surface area contributed by atoms with Crippen molar-refractivity contribution in [1.82, 2.24) is 10.1 Å². The van der Waals surface area contributed by atoms with Crippen LogP contribution in [0.4, 0.5) is 0 Å². The Bertz CT molecular complexity index is 555. The summed E-state index contributed by atoms with van der Waals surface area (Å²) in [6.45, 7) is 0.697. The molecule has 0 radical (unpaired) electrons. The van der Waals surface area contributed by atoms with Crippen LogP contribution in [0, 0.1) is 5.41 Å². The van der Waals surface area contributed by atoms with Crippen LogP contribution < -0.4 is 5.73 Å². The van der Waals surface area contributed by atoms with E-state index in [1.807, 2.05) is 24.3 Å². The number of aromatic nitrogens is 2. The lowest BCUT2D eigenvalue weighted by Gasteiger charge is -2.39. The molecule has 0 amide bonds. The quantitative estimate of drug-likeness (QED) is 0.939. The first-order valence-electron chi connectivity index (χ1n) is 6.49. The molecule has 5 heteroatoms. The molecule has 19 heavy (non-hydrogen) atoms. The van der Waals surface area contributed by atoms with E-state index in [1.165, 1.54) is 19.3 Å². The van der Waals surface area contributed by atoms with E-state index < -0.39 is 0 Å². The summed E-state index contributed by atoms with van der Waals surface area (Å²) >= 11 is 3.41. The molecule has 2 aromatic rings. The Morgan fingerprint density at radius 2 is 2.00 bits per heavy atom. The number of nitrogens with zero attached hydrogens (tertiary/aromatic N) is 2. The summed E-state index contributed by atoms with van der Waals surface area (Å²) in [5.41, 5.74) is 7.02. The summed E-state index contributed by atoms with van der Waals surface area (Å²) in [5, 5.41) is 4.05. The monoisotopic (exact) mass is 321 g/mol. The van der Waals surface area contributed by atoms with Gasteiger partial charge in [0.05, 0.1) is 0 Å². The second-order valence-electron chi connectivity index (χ2n) is 5.25. The van der Waals surface area contributed by atoms with Crippen molar-refractivity contribution in [2.75, 3.05) is 6.54 Å². The molecule has 0 unspecified atom stereocenters. The molecule has 0 aliphatic heterocycles. The Morgan fingerprint density at radius 1 is 1.26 bits per heavy atom. The Kier molecular flexibility index (Phi) is 3.41. The van der Waals surface area contributed by atoms with Gasteiger partial charge in [-0.05, 0) is 49.1 Å². The molecular weight excluding hydrogens is 306 g/mol. The minimum absolute atomic E-state index is 0.198. The van der Waals surface area contributed by atoms with Crippen molar-refractivity contribution < 1.29 is 4.52 Å². The lowest BCUT2D eigenvalue weighted by molar-refractivity contribution is 0.129. The first-order chi connectivity index (χ1) is 9.21. The van der Waals surface area contributed by atoms with E-state index in [9.17, 15) is 0 Å². The average Bonchev–Trinajstić information content (AvgIpc) is 2.83. The molecule has 0 spiro atoms. The van der Waals surface area contributed by atoms with E-state index in [4.69, 9.17) is 10.3 Å². The fraction of sp³-hybridized carbons (Fsp3) is 0.429. The Balaban J connectivity index is 1.77. The topological polar surface area (TPSA) is 64.9 Å². The predicted molar refractivity (Wildman–Crippen MR) is 76.5 cm³/mol. The standard InChI is InChI=1S/C14H16BrN3O/c15-11-4-2-10(3-5-11)13-17-12(19-18-13)8-14(9-16)6-1-7-14/h2-5H,1,6-9,16H2. The van der Waals surface area contributed by atoms with Gasteiger partial charge in [-0.1, -0.05) is 27.5 Å². The van der Waals surface area contributed by atoms with Gasteiger partial charge in [-0.2, -0.15) is 4.98 Å². The molecule has 1 aromatic carbocycles. The van der Waals surface area contributed by atoms with Crippen LogP contribution >= 0.6 is 15.9 Å². The molecule has 1 fully saturated rings. The maximum Gasteiger partial charge on any atom is 0.227 e. The molecule has 1 saturated carbocycles. The van der Waals surface area contributed by atoms with Crippen LogP contribution in [0.5, 0.6) is 0 Å². The van der Waals surface area contributed by atoms with Gasteiger partial charge in [0, 0.05) is 16.5 Å². The maximum absolute atomic E-state index is 5.86. The van der Waals surface area contributed by atoms with Crippen molar-refractivity contribution >= 4 is 15.9 Å². The zero-order valence-electron chi connectivity index (χ0n) is 10.6. The van der Waals surface area contributed by atoms with Crippen molar-refractivity contribution in [1.29, 1.82) is 0 Å². The third-order valence-corrected chi connectivity index (χ3v) is 4.47. The number of hydrogen-bond donors (Lipinski definition) is 1. The molecule has 1 aliphatic rings. The molecule has 2 N–H and O–H groups in total. The zero-order chi connectivity index (χ0) is 13.3. The molecule has 0 atom stereocenters. The Labute approximate surface area is 120 Å². The first-order valence-corrected chi connectivity index (χ1v) is 7.29. The van der Waals surface area contributed by atoms with Gasteiger partial charge in [0.25, 0.3) is 0 Å². The van der Waals surface area contributed by atoms with Crippen LogP contribution in [0.3, 0.4) is 0 Å². The van der Waals surface area contributed by atoms with E-state index in [2.05, 4.69) is 26.1 Å². The predicted octanol–water partition coefficient (Wildman–Crippen LogP) is 3.17. The Hall–Kier alpha value is -1.20. The fourth-order valence-electron chi connectivity index (χ4n) is 2.49. The van der Waals surface area contributed by atoms with Crippen LogP contribution in [0.1, 0.15) is 25.2 Å². The van der Waals surface area contributed by atoms with Gasteiger partial charge < -0.3 is 10.3 Å². The highest BCUT2D eigenvalue weighted by Gasteiger charge is 2.37. The SMILES string of the molecule is NCC1(Cc2nc(-c3ccc(Br)cc3)no2)CCC1. The molecule has 4 nitrogen and oxygen atoms in total. The van der Waals surface area contributed by atoms with E-state index in [-0.39, 0.29) is 5.41 Å². The van der Waals surface area contributed by atoms with Gasteiger partial charge in [0.1, 0.15) is 0 Å². The van der Waals surface area contributed by atoms with E-state index >= 15 is 0 Å². The summed E-state index contributed by atoms with van der Waals surface area (Å²) in [6.07, 6.45) is 4.39. The van der Waals surface area contributed by atoms with Crippen LogP contribution in [0.2, 0.25) is 0 Å². The van der Waals surface area contributed by atoms with Crippen LogP contribution in [0.15, 0.2) is 33.3 Å². The lowest BCUT2D eigenvalue weighted by Crippen LogP contribution is -2.39. The number of halogens is 1. The van der Waals surface area contributed by atoms with Gasteiger partial charge in [-0.15, -0.1) is 0 Å². The second kappa shape index (κ2) is 5.06. The number of hydrogen-bond acceptors (Lipinski definition) is 4. The highest BCUT2D eigenvalue weighted by atomic mass is 79.9. The smallest absolute Gasteiger partial charge is 0.227 e. The number of rotatable bonds is 4. The number of benzene rings is 1. The van der Waals surface area contributed by atoms with Gasteiger partial charge in [-0.3, -0.25) is 0 Å². The maximum atomic E-state index is 5.86. The molecule has 0 saturated heterocycles. The lowest BCUT2D eigenvalue weighted by atomic mass is 9.67. The van der Waals surface area contributed by atoms with Gasteiger partial charge in [0.2, 0.25) is 11.7 Å². The number of nitrogens with two attached hydrogens (primary N) is 1. The summed E-state index contributed by atoms with van der Waals surface area (Å²) < 4.78 is 6.39. The van der Waals surface area contributed by atoms with Crippen molar-refractivity contribution in [2.24, 2.45) is 11.1 Å². The van der Waals surface area contributed by atoms with E-state index in [0.29, 0.717) is 18.3 Å². The van der Waals surface area contributed by atoms with Crippen molar-refractivity contribution in [3.63, 3.8) is 0 Å². The zero-order valence-corrected chi connectivity index (χ0v) is 12.2. The molecule has 3 rings (SSSR count). The summed E-state index contributed by atoms with van der Waals surface area (Å²) in [7, 11) is 0. The molecule has 100 valence electrons. The van der Waals surface area contributed by atoms with Crippen LogP contribution in [0.25, 0.3) is 11.4 Å². The second-order valence-corrected chi connectivity index (χ2v) is 6.17. The minimum Gasteiger partial charge on any atom is -0.339 e. The van der Waals surface area contributed by atoms with Crippen molar-refractivity contribution in [2.45, 2.75) is 25.7 Å². The third-order valence-electron chi connectivity index (χ3n) is 3.94. The molecule has 1 aliphatic carbocycles. The van der Waals surface area contributed by atoms with Gasteiger partial charge in [0.15, 0.2) is 0 Å². The highest BCUT2D eigenvalue weighted by molar-refractivity contribution is 9.10. The van der Waals surface area contributed by atoms with Crippen LogP contribution in [-0.2, 0) is 6.42 Å². The minimum atomic E-state index is 0.198. The molecular formula is C14H16BrN3O. The van der Waals surface area contributed by atoms with Crippen molar-refractivity contribution in [3.05, 3.63) is 34.6 Å².